The van der Waals surface area contributed by atoms with Crippen LogP contribution in [0.25, 0.3) is 0 Å². The van der Waals surface area contributed by atoms with Crippen molar-refractivity contribution in [3.05, 3.63) is 46.9 Å². The zero-order chi connectivity index (χ0) is 20.3. The van der Waals surface area contributed by atoms with Gasteiger partial charge in [0, 0.05) is 32.2 Å². The summed E-state index contributed by atoms with van der Waals surface area (Å²) in [6.45, 7) is 3.89. The van der Waals surface area contributed by atoms with Crippen LogP contribution in [-0.2, 0) is 19.5 Å². The summed E-state index contributed by atoms with van der Waals surface area (Å²) < 4.78 is 6.21. The van der Waals surface area contributed by atoms with E-state index in [9.17, 15) is 0 Å². The van der Waals surface area contributed by atoms with E-state index < -0.39 is 0 Å². The van der Waals surface area contributed by atoms with Crippen molar-refractivity contribution in [3.63, 3.8) is 0 Å². The quantitative estimate of drug-likeness (QED) is 0.759. The minimum Gasteiger partial charge on any atom is -0.490 e. The van der Waals surface area contributed by atoms with E-state index in [0.717, 1.165) is 56.4 Å². The highest BCUT2D eigenvalue weighted by Gasteiger charge is 2.26. The maximum Gasteiger partial charge on any atom is 0.147 e. The first-order valence-corrected chi connectivity index (χ1v) is 11.6. The normalized spacial score (nSPS) is 22.2. The first kappa shape index (κ1) is 19.8. The Morgan fingerprint density at radius 1 is 1.17 bits per heavy atom. The molecule has 1 atom stereocenters. The van der Waals surface area contributed by atoms with Crippen molar-refractivity contribution in [3.8, 4) is 5.75 Å². The fourth-order valence-corrected chi connectivity index (χ4v) is 5.08. The van der Waals surface area contributed by atoms with Gasteiger partial charge >= 0.3 is 0 Å². The molecule has 0 spiro atoms. The number of hydrogen-bond acceptors (Lipinski definition) is 6. The van der Waals surface area contributed by atoms with Crippen molar-refractivity contribution < 1.29 is 4.74 Å². The van der Waals surface area contributed by atoms with Gasteiger partial charge in [0.05, 0.1) is 17.8 Å². The van der Waals surface area contributed by atoms with Crippen molar-refractivity contribution in [2.45, 2.75) is 70.2 Å². The van der Waals surface area contributed by atoms with E-state index >= 15 is 0 Å². The molecule has 3 heterocycles. The van der Waals surface area contributed by atoms with E-state index in [4.69, 9.17) is 14.7 Å². The summed E-state index contributed by atoms with van der Waals surface area (Å²) in [5.74, 6) is 2.98. The van der Waals surface area contributed by atoms with Gasteiger partial charge in [0.1, 0.15) is 17.4 Å². The highest BCUT2D eigenvalue weighted by molar-refractivity contribution is 5.47. The maximum atomic E-state index is 6.21. The summed E-state index contributed by atoms with van der Waals surface area (Å²) in [4.78, 5) is 12.3. The van der Waals surface area contributed by atoms with Gasteiger partial charge in [-0.1, -0.05) is 12.1 Å². The minimum absolute atomic E-state index is 0.294. The van der Waals surface area contributed by atoms with Crippen LogP contribution in [0.2, 0.25) is 0 Å². The third-order valence-electron chi connectivity index (χ3n) is 6.68. The number of anilines is 1. The fourth-order valence-electron chi connectivity index (χ4n) is 5.08. The van der Waals surface area contributed by atoms with E-state index in [2.05, 4.69) is 39.8 Å². The molecule has 1 aromatic carbocycles. The molecule has 0 amide bonds. The molecule has 0 unspecified atom stereocenters. The third kappa shape index (κ3) is 4.30. The van der Waals surface area contributed by atoms with Gasteiger partial charge in [-0.3, -0.25) is 4.90 Å². The van der Waals surface area contributed by atoms with E-state index in [1.54, 1.807) is 0 Å². The predicted octanol–water partition coefficient (Wildman–Crippen LogP) is 3.82. The molecule has 5 rings (SSSR count). The summed E-state index contributed by atoms with van der Waals surface area (Å²) in [5, 5.41) is 6.85. The monoisotopic (exact) mass is 407 g/mol. The second kappa shape index (κ2) is 8.90. The SMILES string of the molecule is CNc1nc([C@@H]2CCCN2)nc2c1CCN(Cc1cccc(OC3CCCC3)c1)C2. The number of aromatic nitrogens is 2. The van der Waals surface area contributed by atoms with Crippen LogP contribution in [0.15, 0.2) is 24.3 Å². The summed E-state index contributed by atoms with van der Waals surface area (Å²) in [6, 6.07) is 8.95. The smallest absolute Gasteiger partial charge is 0.147 e. The molecule has 3 aliphatic rings. The van der Waals surface area contributed by atoms with Gasteiger partial charge in [-0.05, 0) is 69.2 Å². The molecule has 2 N–H and O–H groups in total. The zero-order valence-corrected chi connectivity index (χ0v) is 18.0. The number of nitrogens with zero attached hydrogens (tertiary/aromatic N) is 3. The van der Waals surface area contributed by atoms with Crippen LogP contribution in [0, 0.1) is 0 Å². The molecule has 0 bridgehead atoms. The lowest BCUT2D eigenvalue weighted by atomic mass is 10.0. The molecule has 1 saturated heterocycles. The summed E-state index contributed by atoms with van der Waals surface area (Å²) in [5.41, 5.74) is 3.78. The van der Waals surface area contributed by atoms with E-state index in [0.29, 0.717) is 12.1 Å². The Kier molecular flexibility index (Phi) is 5.86. The standard InChI is InChI=1S/C24H33N5O/c1-25-23-20-11-13-29(16-22(20)27-24(28-23)21-10-5-12-26-21)15-17-6-4-9-19(14-17)30-18-7-2-3-8-18/h4,6,9,14,18,21,26H,2-3,5,7-8,10-13,15-16H2,1H3,(H,25,27,28)/t21-/m0/s1. The molecule has 1 aliphatic carbocycles. The Morgan fingerprint density at radius 2 is 2.07 bits per heavy atom. The van der Waals surface area contributed by atoms with Crippen molar-refractivity contribution in [2.24, 2.45) is 0 Å². The van der Waals surface area contributed by atoms with Gasteiger partial charge in [0.15, 0.2) is 0 Å². The van der Waals surface area contributed by atoms with Gasteiger partial charge in [0.25, 0.3) is 0 Å². The fraction of sp³-hybridized carbons (Fsp3) is 0.583. The van der Waals surface area contributed by atoms with Gasteiger partial charge < -0.3 is 15.4 Å². The highest BCUT2D eigenvalue weighted by atomic mass is 16.5. The summed E-state index contributed by atoms with van der Waals surface area (Å²) in [6.07, 6.45) is 8.70. The first-order chi connectivity index (χ1) is 14.8. The summed E-state index contributed by atoms with van der Waals surface area (Å²) in [7, 11) is 1.97. The molecule has 30 heavy (non-hydrogen) atoms. The van der Waals surface area contributed by atoms with Crippen molar-refractivity contribution in [1.29, 1.82) is 0 Å². The van der Waals surface area contributed by atoms with Gasteiger partial charge in [-0.25, -0.2) is 9.97 Å². The molecule has 1 aromatic heterocycles. The largest absolute Gasteiger partial charge is 0.490 e. The predicted molar refractivity (Wildman–Crippen MR) is 119 cm³/mol. The number of fused-ring (bicyclic) bond motifs is 1. The van der Waals surface area contributed by atoms with Gasteiger partial charge in [-0.15, -0.1) is 0 Å². The Hall–Kier alpha value is -2.18. The Morgan fingerprint density at radius 3 is 2.87 bits per heavy atom. The van der Waals surface area contributed by atoms with E-state index in [1.807, 2.05) is 7.05 Å². The molecule has 6 nitrogen and oxygen atoms in total. The second-order valence-electron chi connectivity index (χ2n) is 8.89. The van der Waals surface area contributed by atoms with Crippen molar-refractivity contribution in [2.75, 3.05) is 25.5 Å². The van der Waals surface area contributed by atoms with Crippen molar-refractivity contribution in [1.82, 2.24) is 20.2 Å². The number of hydrogen-bond donors (Lipinski definition) is 2. The molecule has 1 saturated carbocycles. The molecule has 6 heteroatoms. The Balaban J connectivity index is 1.30. The highest BCUT2D eigenvalue weighted by Crippen LogP contribution is 2.29. The number of nitrogens with one attached hydrogen (secondary N) is 2. The molecule has 2 aromatic rings. The lowest BCUT2D eigenvalue weighted by Crippen LogP contribution is -2.32. The molecular formula is C24H33N5O. The Bertz CT molecular complexity index is 874. The van der Waals surface area contributed by atoms with E-state index in [1.165, 1.54) is 48.9 Å². The molecule has 2 aliphatic heterocycles. The number of ether oxygens (including phenoxy) is 1. The minimum atomic E-state index is 0.294. The zero-order valence-electron chi connectivity index (χ0n) is 18.0. The van der Waals surface area contributed by atoms with Crippen LogP contribution in [0.3, 0.4) is 0 Å². The van der Waals surface area contributed by atoms with Crippen LogP contribution >= 0.6 is 0 Å². The van der Waals surface area contributed by atoms with Crippen LogP contribution in [0.5, 0.6) is 5.75 Å². The van der Waals surface area contributed by atoms with Crippen LogP contribution in [0.1, 0.15) is 67.2 Å². The van der Waals surface area contributed by atoms with Crippen molar-refractivity contribution >= 4 is 5.82 Å². The number of rotatable bonds is 6. The average molecular weight is 408 g/mol. The lowest BCUT2D eigenvalue weighted by Gasteiger charge is -2.30. The van der Waals surface area contributed by atoms with Gasteiger partial charge in [-0.2, -0.15) is 0 Å². The topological polar surface area (TPSA) is 62.3 Å². The van der Waals surface area contributed by atoms with Gasteiger partial charge in [0.2, 0.25) is 0 Å². The van der Waals surface area contributed by atoms with Crippen LogP contribution in [0.4, 0.5) is 5.82 Å². The van der Waals surface area contributed by atoms with E-state index in [-0.39, 0.29) is 0 Å². The molecule has 2 fully saturated rings. The molecule has 0 radical (unpaired) electrons. The second-order valence-corrected chi connectivity index (χ2v) is 8.89. The number of benzene rings is 1. The Labute approximate surface area is 179 Å². The molecular weight excluding hydrogens is 374 g/mol. The first-order valence-electron chi connectivity index (χ1n) is 11.6. The lowest BCUT2D eigenvalue weighted by molar-refractivity contribution is 0.208. The molecule has 160 valence electrons. The maximum absolute atomic E-state index is 6.21. The van der Waals surface area contributed by atoms with Crippen LogP contribution < -0.4 is 15.4 Å². The third-order valence-corrected chi connectivity index (χ3v) is 6.68. The average Bonchev–Trinajstić information content (AvgIpc) is 3.47. The van der Waals surface area contributed by atoms with Crippen LogP contribution in [-0.4, -0.2) is 41.1 Å². The summed E-state index contributed by atoms with van der Waals surface area (Å²) >= 11 is 0.